The molecule has 0 radical (unpaired) electrons. The molecule has 0 saturated carbocycles. The minimum atomic E-state index is -0.641. The fraction of sp³-hybridized carbons (Fsp3) is 0.300. The van der Waals surface area contributed by atoms with Crippen molar-refractivity contribution in [1.82, 2.24) is 15.2 Å². The van der Waals surface area contributed by atoms with Gasteiger partial charge in [-0.15, -0.1) is 5.10 Å². The maximum absolute atomic E-state index is 12.6. The SMILES string of the molecule is CC(C)c1ccc(CC(=O)CC(c2ccccn2)c2n[nH]c(=O)o2)cc1. The zero-order chi connectivity index (χ0) is 18.5. The van der Waals surface area contributed by atoms with Crippen LogP contribution in [-0.2, 0) is 11.2 Å². The van der Waals surface area contributed by atoms with Crippen molar-refractivity contribution in [2.75, 3.05) is 0 Å². The van der Waals surface area contributed by atoms with Crippen molar-refractivity contribution in [2.24, 2.45) is 0 Å². The first kappa shape index (κ1) is 17.8. The fourth-order valence-electron chi connectivity index (χ4n) is 2.84. The highest BCUT2D eigenvalue weighted by atomic mass is 16.4. The van der Waals surface area contributed by atoms with Gasteiger partial charge in [0, 0.05) is 19.0 Å². The molecule has 1 atom stereocenters. The van der Waals surface area contributed by atoms with Crippen LogP contribution >= 0.6 is 0 Å². The number of benzene rings is 1. The zero-order valence-electron chi connectivity index (χ0n) is 14.8. The normalized spacial score (nSPS) is 12.3. The van der Waals surface area contributed by atoms with E-state index in [1.54, 1.807) is 18.3 Å². The van der Waals surface area contributed by atoms with Gasteiger partial charge in [-0.3, -0.25) is 9.78 Å². The van der Waals surface area contributed by atoms with Gasteiger partial charge in [0.1, 0.15) is 5.78 Å². The summed E-state index contributed by atoms with van der Waals surface area (Å²) in [6.45, 7) is 4.27. The summed E-state index contributed by atoms with van der Waals surface area (Å²) in [6.07, 6.45) is 2.12. The van der Waals surface area contributed by atoms with E-state index in [9.17, 15) is 9.59 Å². The molecule has 3 aromatic rings. The third-order valence-corrected chi connectivity index (χ3v) is 4.28. The lowest BCUT2D eigenvalue weighted by atomic mass is 9.94. The first-order chi connectivity index (χ1) is 12.5. The Hall–Kier alpha value is -3.02. The number of nitrogens with one attached hydrogen (secondary N) is 1. The Balaban J connectivity index is 1.76. The van der Waals surface area contributed by atoms with Gasteiger partial charge in [0.15, 0.2) is 0 Å². The van der Waals surface area contributed by atoms with E-state index in [1.807, 2.05) is 18.2 Å². The van der Waals surface area contributed by atoms with Crippen LogP contribution in [0.3, 0.4) is 0 Å². The molecular weight excluding hydrogens is 330 g/mol. The van der Waals surface area contributed by atoms with E-state index < -0.39 is 11.7 Å². The van der Waals surface area contributed by atoms with E-state index in [-0.39, 0.29) is 18.1 Å². The predicted molar refractivity (Wildman–Crippen MR) is 97.1 cm³/mol. The molecule has 0 spiro atoms. The second-order valence-corrected chi connectivity index (χ2v) is 6.57. The number of hydrogen-bond acceptors (Lipinski definition) is 5. The molecule has 3 rings (SSSR count). The van der Waals surface area contributed by atoms with Crippen molar-refractivity contribution >= 4 is 5.78 Å². The molecule has 0 aliphatic rings. The minimum Gasteiger partial charge on any atom is -0.392 e. The van der Waals surface area contributed by atoms with Crippen LogP contribution < -0.4 is 5.76 Å². The van der Waals surface area contributed by atoms with Gasteiger partial charge in [-0.25, -0.2) is 9.89 Å². The highest BCUT2D eigenvalue weighted by molar-refractivity contribution is 5.82. The van der Waals surface area contributed by atoms with Gasteiger partial charge < -0.3 is 4.42 Å². The van der Waals surface area contributed by atoms with Crippen LogP contribution in [0.4, 0.5) is 0 Å². The summed E-state index contributed by atoms with van der Waals surface area (Å²) in [4.78, 5) is 28.2. The van der Waals surface area contributed by atoms with Crippen molar-refractivity contribution in [1.29, 1.82) is 0 Å². The summed E-state index contributed by atoms with van der Waals surface area (Å²) in [5.41, 5.74) is 2.85. The van der Waals surface area contributed by atoms with Gasteiger partial charge in [0.25, 0.3) is 0 Å². The highest BCUT2D eigenvalue weighted by Crippen LogP contribution is 2.25. The maximum atomic E-state index is 12.6. The van der Waals surface area contributed by atoms with Gasteiger partial charge >= 0.3 is 5.76 Å². The summed E-state index contributed by atoms with van der Waals surface area (Å²) in [7, 11) is 0. The van der Waals surface area contributed by atoms with Gasteiger partial charge in [0.2, 0.25) is 5.89 Å². The Morgan fingerprint density at radius 3 is 2.50 bits per heavy atom. The smallest absolute Gasteiger partial charge is 0.392 e. The van der Waals surface area contributed by atoms with Gasteiger partial charge in [0.05, 0.1) is 11.6 Å². The largest absolute Gasteiger partial charge is 0.434 e. The van der Waals surface area contributed by atoms with E-state index in [1.165, 1.54) is 5.56 Å². The minimum absolute atomic E-state index is 0.0311. The van der Waals surface area contributed by atoms with Crippen molar-refractivity contribution in [3.63, 3.8) is 0 Å². The number of nitrogens with zero attached hydrogens (tertiary/aromatic N) is 2. The summed E-state index contributed by atoms with van der Waals surface area (Å²) >= 11 is 0. The molecule has 2 aromatic heterocycles. The number of hydrogen-bond donors (Lipinski definition) is 1. The quantitative estimate of drug-likeness (QED) is 0.706. The molecule has 1 aromatic carbocycles. The molecule has 0 saturated heterocycles. The standard InChI is InChI=1S/C20H21N3O3/c1-13(2)15-8-6-14(7-9-15)11-16(24)12-17(18-5-3-4-10-21-18)19-22-23-20(25)26-19/h3-10,13,17H,11-12H2,1-2H3,(H,23,25). The third-order valence-electron chi connectivity index (χ3n) is 4.28. The number of carbonyl (C=O) groups is 1. The van der Waals surface area contributed by atoms with Crippen LogP contribution in [0.1, 0.15) is 54.8 Å². The molecule has 6 nitrogen and oxygen atoms in total. The molecule has 1 N–H and O–H groups in total. The van der Waals surface area contributed by atoms with Crippen LogP contribution in [0.15, 0.2) is 57.9 Å². The van der Waals surface area contributed by atoms with E-state index in [0.717, 1.165) is 5.56 Å². The maximum Gasteiger partial charge on any atom is 0.434 e. The number of aromatic nitrogens is 3. The van der Waals surface area contributed by atoms with Gasteiger partial charge in [-0.2, -0.15) is 0 Å². The average molecular weight is 351 g/mol. The molecule has 0 amide bonds. The first-order valence-corrected chi connectivity index (χ1v) is 8.60. The molecule has 6 heteroatoms. The Bertz CT molecular complexity index is 911. The fourth-order valence-corrected chi connectivity index (χ4v) is 2.84. The topological polar surface area (TPSA) is 88.9 Å². The number of H-pyrrole nitrogens is 1. The van der Waals surface area contributed by atoms with Crippen molar-refractivity contribution < 1.29 is 9.21 Å². The number of carbonyl (C=O) groups excluding carboxylic acids is 1. The van der Waals surface area contributed by atoms with E-state index in [2.05, 4.69) is 41.2 Å². The molecule has 134 valence electrons. The lowest BCUT2D eigenvalue weighted by Gasteiger charge is -2.12. The van der Waals surface area contributed by atoms with Crippen molar-refractivity contribution in [3.8, 4) is 0 Å². The molecule has 0 fully saturated rings. The lowest BCUT2D eigenvalue weighted by Crippen LogP contribution is -2.12. The molecular formula is C20H21N3O3. The lowest BCUT2D eigenvalue weighted by molar-refractivity contribution is -0.118. The van der Waals surface area contributed by atoms with Crippen LogP contribution in [0.25, 0.3) is 0 Å². The molecule has 26 heavy (non-hydrogen) atoms. The Morgan fingerprint density at radius 2 is 1.92 bits per heavy atom. The van der Waals surface area contributed by atoms with Gasteiger partial charge in [-0.05, 0) is 29.2 Å². The Morgan fingerprint density at radius 1 is 1.15 bits per heavy atom. The summed E-state index contributed by atoms with van der Waals surface area (Å²) in [5, 5.41) is 6.13. The van der Waals surface area contributed by atoms with Gasteiger partial charge in [-0.1, -0.05) is 44.2 Å². The van der Waals surface area contributed by atoms with Crippen LogP contribution in [0.5, 0.6) is 0 Å². The predicted octanol–water partition coefficient (Wildman–Crippen LogP) is 3.22. The van der Waals surface area contributed by atoms with E-state index in [0.29, 0.717) is 18.0 Å². The second kappa shape index (κ2) is 7.91. The highest BCUT2D eigenvalue weighted by Gasteiger charge is 2.24. The third kappa shape index (κ3) is 4.33. The van der Waals surface area contributed by atoms with Crippen LogP contribution in [-0.4, -0.2) is 21.0 Å². The number of aromatic amines is 1. The molecule has 0 bridgehead atoms. The Labute approximate surface area is 151 Å². The molecule has 1 unspecified atom stereocenters. The summed E-state index contributed by atoms with van der Waals surface area (Å²) in [5.74, 6) is -0.466. The zero-order valence-corrected chi connectivity index (χ0v) is 14.8. The monoisotopic (exact) mass is 351 g/mol. The number of ketones is 1. The first-order valence-electron chi connectivity index (χ1n) is 8.60. The van der Waals surface area contributed by atoms with E-state index >= 15 is 0 Å². The second-order valence-electron chi connectivity index (χ2n) is 6.57. The van der Waals surface area contributed by atoms with E-state index in [4.69, 9.17) is 4.42 Å². The number of rotatable bonds is 7. The molecule has 0 aliphatic heterocycles. The van der Waals surface area contributed by atoms with Crippen molar-refractivity contribution in [3.05, 3.63) is 81.9 Å². The summed E-state index contributed by atoms with van der Waals surface area (Å²) < 4.78 is 5.08. The average Bonchev–Trinajstić information content (AvgIpc) is 3.07. The van der Waals surface area contributed by atoms with Crippen molar-refractivity contribution in [2.45, 2.75) is 38.5 Å². The Kier molecular flexibility index (Phi) is 5.41. The number of pyridine rings is 1. The number of Topliss-reactive ketones (excluding diaryl/α,β-unsaturated/α-hetero) is 1. The van der Waals surface area contributed by atoms with Crippen LogP contribution in [0, 0.1) is 0 Å². The van der Waals surface area contributed by atoms with Crippen LogP contribution in [0.2, 0.25) is 0 Å². The summed E-state index contributed by atoms with van der Waals surface area (Å²) in [6, 6.07) is 13.5. The molecule has 0 aliphatic carbocycles. The molecule has 2 heterocycles.